The van der Waals surface area contributed by atoms with E-state index in [1.165, 1.54) is 29.5 Å². The van der Waals surface area contributed by atoms with Gasteiger partial charge in [-0.2, -0.15) is 0 Å². The molecule has 0 saturated carbocycles. The Labute approximate surface area is 195 Å². The average molecular weight is 495 g/mol. The van der Waals surface area contributed by atoms with Crippen molar-refractivity contribution in [2.24, 2.45) is 0 Å². The number of ether oxygens (including phenoxy) is 1. The van der Waals surface area contributed by atoms with E-state index >= 15 is 0 Å². The molecule has 0 atom stereocenters. The van der Waals surface area contributed by atoms with E-state index < -0.39 is 12.0 Å². The second-order valence-corrected chi connectivity index (χ2v) is 8.48. The molecule has 4 rings (SSSR count). The van der Waals surface area contributed by atoms with E-state index in [2.05, 4.69) is 4.98 Å². The van der Waals surface area contributed by atoms with Crippen molar-refractivity contribution in [1.82, 2.24) is 4.98 Å². The lowest BCUT2D eigenvalue weighted by Gasteiger charge is -2.11. The highest BCUT2D eigenvalue weighted by atomic mass is 35.5. The number of halogens is 4. The van der Waals surface area contributed by atoms with Crippen LogP contribution in [0, 0.1) is 5.82 Å². The van der Waals surface area contributed by atoms with Gasteiger partial charge in [0.25, 0.3) is 0 Å². The lowest BCUT2D eigenvalue weighted by molar-refractivity contribution is 0.144. The van der Waals surface area contributed by atoms with E-state index in [4.69, 9.17) is 44.6 Å². The number of benzene rings is 3. The van der Waals surface area contributed by atoms with Gasteiger partial charge >= 0.3 is 6.16 Å². The first-order valence-electron chi connectivity index (χ1n) is 8.73. The lowest BCUT2D eigenvalue weighted by Crippen LogP contribution is -2.04. The fraction of sp³-hybridized carbons (Fsp3) is 0. The summed E-state index contributed by atoms with van der Waals surface area (Å²) in [5.41, 5.74) is 2.54. The van der Waals surface area contributed by atoms with Crippen LogP contribution in [0.25, 0.3) is 33.0 Å². The van der Waals surface area contributed by atoms with E-state index in [9.17, 15) is 9.18 Å². The SMILES string of the molecule is O=C(O)Oc1cc(-c2nc(-c3ccc(Cl)c(Cl)c3)cs2)ccc1-c1ccc(Cl)cc1F. The molecule has 4 nitrogen and oxygen atoms in total. The summed E-state index contributed by atoms with van der Waals surface area (Å²) in [5.74, 6) is -0.607. The van der Waals surface area contributed by atoms with Crippen LogP contribution >= 0.6 is 46.1 Å². The minimum atomic E-state index is -1.51. The molecule has 3 aromatic carbocycles. The zero-order chi connectivity index (χ0) is 22.1. The van der Waals surface area contributed by atoms with Crippen molar-refractivity contribution in [3.8, 4) is 38.7 Å². The first kappa shape index (κ1) is 21.6. The van der Waals surface area contributed by atoms with Crippen molar-refractivity contribution < 1.29 is 19.0 Å². The van der Waals surface area contributed by atoms with Crippen molar-refractivity contribution >= 4 is 52.3 Å². The van der Waals surface area contributed by atoms with Gasteiger partial charge in [0.1, 0.15) is 16.6 Å². The van der Waals surface area contributed by atoms with Gasteiger partial charge in [0.2, 0.25) is 0 Å². The van der Waals surface area contributed by atoms with Gasteiger partial charge in [0.15, 0.2) is 0 Å². The topological polar surface area (TPSA) is 59.4 Å². The summed E-state index contributed by atoms with van der Waals surface area (Å²) in [4.78, 5) is 15.8. The predicted molar refractivity (Wildman–Crippen MR) is 122 cm³/mol. The molecule has 0 unspecified atom stereocenters. The quantitative estimate of drug-likeness (QED) is 0.229. The van der Waals surface area contributed by atoms with Crippen molar-refractivity contribution in [2.75, 3.05) is 0 Å². The van der Waals surface area contributed by atoms with Crippen LogP contribution in [0.5, 0.6) is 5.75 Å². The highest BCUT2D eigenvalue weighted by Gasteiger charge is 2.17. The number of carboxylic acid groups (broad SMARTS) is 1. The van der Waals surface area contributed by atoms with E-state index in [0.29, 0.717) is 26.3 Å². The van der Waals surface area contributed by atoms with Crippen LogP contribution in [-0.2, 0) is 0 Å². The van der Waals surface area contributed by atoms with Crippen LogP contribution in [0.15, 0.2) is 60.0 Å². The first-order chi connectivity index (χ1) is 14.8. The average Bonchev–Trinajstić information content (AvgIpc) is 3.20. The van der Waals surface area contributed by atoms with Gasteiger partial charge in [-0.15, -0.1) is 11.3 Å². The zero-order valence-electron chi connectivity index (χ0n) is 15.4. The van der Waals surface area contributed by atoms with Gasteiger partial charge in [-0.1, -0.05) is 46.9 Å². The number of hydrogen-bond donors (Lipinski definition) is 1. The Kier molecular flexibility index (Phi) is 6.16. The molecule has 0 radical (unpaired) electrons. The van der Waals surface area contributed by atoms with Crippen molar-refractivity contribution in [2.45, 2.75) is 0 Å². The second-order valence-electron chi connectivity index (χ2n) is 6.37. The van der Waals surface area contributed by atoms with E-state index in [1.54, 1.807) is 30.3 Å². The molecule has 156 valence electrons. The Morgan fingerprint density at radius 2 is 1.68 bits per heavy atom. The highest BCUT2D eigenvalue weighted by molar-refractivity contribution is 7.13. The second kappa shape index (κ2) is 8.85. The zero-order valence-corrected chi connectivity index (χ0v) is 18.5. The summed E-state index contributed by atoms with van der Waals surface area (Å²) in [6.07, 6.45) is -1.51. The van der Waals surface area contributed by atoms with E-state index in [-0.39, 0.29) is 21.9 Å². The third-order valence-corrected chi connectivity index (χ3v) is 6.23. The fourth-order valence-corrected chi connectivity index (χ4v) is 4.24. The molecule has 1 heterocycles. The van der Waals surface area contributed by atoms with E-state index in [0.717, 1.165) is 11.6 Å². The minimum absolute atomic E-state index is 0.0162. The molecule has 4 aromatic rings. The van der Waals surface area contributed by atoms with Gasteiger partial charge in [0, 0.05) is 32.7 Å². The smallest absolute Gasteiger partial charge is 0.449 e. The molecule has 0 bridgehead atoms. The minimum Gasteiger partial charge on any atom is -0.449 e. The van der Waals surface area contributed by atoms with Gasteiger partial charge in [-0.25, -0.2) is 14.2 Å². The maximum atomic E-state index is 14.4. The van der Waals surface area contributed by atoms with Crippen LogP contribution in [0.1, 0.15) is 0 Å². The third kappa shape index (κ3) is 4.67. The monoisotopic (exact) mass is 493 g/mol. The molecule has 1 N–H and O–H groups in total. The van der Waals surface area contributed by atoms with Crippen molar-refractivity contribution in [3.05, 3.63) is 80.9 Å². The molecular formula is C22H11Cl3FNO3S. The molecular weight excluding hydrogens is 484 g/mol. The standard InChI is InChI=1S/C22H11Cl3FNO3S/c23-13-3-5-14(18(26)9-13)15-4-1-12(8-20(15)30-22(28)29)21-27-19(10-31-21)11-2-6-16(24)17(25)7-11/h1-10H,(H,28,29). The fourth-order valence-electron chi connectivity index (χ4n) is 2.96. The highest BCUT2D eigenvalue weighted by Crippen LogP contribution is 2.38. The first-order valence-corrected chi connectivity index (χ1v) is 10.7. The Balaban J connectivity index is 1.75. The Morgan fingerprint density at radius 3 is 2.39 bits per heavy atom. The van der Waals surface area contributed by atoms with Crippen LogP contribution in [0.4, 0.5) is 9.18 Å². The number of carbonyl (C=O) groups is 1. The van der Waals surface area contributed by atoms with Crippen LogP contribution < -0.4 is 4.74 Å². The molecule has 0 amide bonds. The molecule has 1 aromatic heterocycles. The molecule has 31 heavy (non-hydrogen) atoms. The summed E-state index contributed by atoms with van der Waals surface area (Å²) >= 11 is 19.2. The van der Waals surface area contributed by atoms with E-state index in [1.807, 2.05) is 5.38 Å². The lowest BCUT2D eigenvalue weighted by atomic mass is 10.0. The summed E-state index contributed by atoms with van der Waals surface area (Å²) in [7, 11) is 0. The van der Waals surface area contributed by atoms with Crippen LogP contribution in [-0.4, -0.2) is 16.2 Å². The molecule has 0 saturated heterocycles. The molecule has 0 aliphatic rings. The number of nitrogens with zero attached hydrogens (tertiary/aromatic N) is 1. The number of rotatable bonds is 4. The number of thiazole rings is 1. The molecule has 0 aliphatic heterocycles. The molecule has 0 fully saturated rings. The molecule has 9 heteroatoms. The third-order valence-electron chi connectivity index (χ3n) is 4.37. The Morgan fingerprint density at radius 1 is 0.935 bits per heavy atom. The summed E-state index contributed by atoms with van der Waals surface area (Å²) in [5, 5.41) is 12.7. The van der Waals surface area contributed by atoms with Gasteiger partial charge in [0.05, 0.1) is 15.7 Å². The number of hydrogen-bond acceptors (Lipinski definition) is 4. The van der Waals surface area contributed by atoms with Crippen LogP contribution in [0.3, 0.4) is 0 Å². The van der Waals surface area contributed by atoms with Gasteiger partial charge < -0.3 is 9.84 Å². The van der Waals surface area contributed by atoms with Gasteiger partial charge in [-0.05, 0) is 42.5 Å². The van der Waals surface area contributed by atoms with Crippen molar-refractivity contribution in [1.29, 1.82) is 0 Å². The maximum absolute atomic E-state index is 14.4. The molecule has 0 spiro atoms. The van der Waals surface area contributed by atoms with Crippen molar-refractivity contribution in [3.63, 3.8) is 0 Å². The Bertz CT molecular complexity index is 1310. The summed E-state index contributed by atoms with van der Waals surface area (Å²) in [6.45, 7) is 0. The molecule has 0 aliphatic carbocycles. The summed E-state index contributed by atoms with van der Waals surface area (Å²) in [6, 6.07) is 14.2. The van der Waals surface area contributed by atoms with Crippen LogP contribution in [0.2, 0.25) is 15.1 Å². The maximum Gasteiger partial charge on any atom is 0.511 e. The normalized spacial score (nSPS) is 10.8. The predicted octanol–water partition coefficient (Wildman–Crippen LogP) is 8.30. The van der Waals surface area contributed by atoms with Gasteiger partial charge in [-0.3, -0.25) is 0 Å². The Hall–Kier alpha value is -2.64. The number of aromatic nitrogens is 1. The summed E-state index contributed by atoms with van der Waals surface area (Å²) < 4.78 is 19.3. The largest absolute Gasteiger partial charge is 0.511 e.